The van der Waals surface area contributed by atoms with Crippen molar-refractivity contribution >= 4 is 0 Å². The molecular weight excluding hydrogens is 254 g/mol. The number of rotatable bonds is 4. The second kappa shape index (κ2) is 6.17. The Balaban J connectivity index is 2.55. The molecule has 0 atom stereocenters. The van der Waals surface area contributed by atoms with E-state index in [1.807, 2.05) is 13.8 Å². The molecule has 0 aliphatic carbocycles. The number of aryl methyl sites for hydroxylation is 2. The fraction of sp³-hybridized carbons (Fsp3) is 0.333. The molecule has 0 saturated heterocycles. The fourth-order valence-electron chi connectivity index (χ4n) is 2.74. The molecule has 0 saturated carbocycles. The van der Waals surface area contributed by atoms with Crippen LogP contribution < -0.4 is 0 Å². The minimum Gasteiger partial charge on any atom is -0.207 e. The van der Waals surface area contributed by atoms with E-state index in [-0.39, 0.29) is 17.6 Å². The molecule has 2 rings (SSSR count). The van der Waals surface area contributed by atoms with Crippen molar-refractivity contribution in [3.05, 3.63) is 70.3 Å². The van der Waals surface area contributed by atoms with E-state index in [2.05, 4.69) is 6.92 Å². The van der Waals surface area contributed by atoms with Gasteiger partial charge in [-0.05, 0) is 66.8 Å². The quantitative estimate of drug-likeness (QED) is 0.689. The molecule has 0 nitrogen and oxygen atoms in total. The van der Waals surface area contributed by atoms with Crippen molar-refractivity contribution in [2.75, 3.05) is 0 Å². The molecule has 0 aliphatic rings. The average molecular weight is 274 g/mol. The minimum absolute atomic E-state index is 0.0476. The van der Waals surface area contributed by atoms with Crippen LogP contribution in [0.25, 0.3) is 0 Å². The van der Waals surface area contributed by atoms with Crippen molar-refractivity contribution in [1.82, 2.24) is 0 Å². The first kappa shape index (κ1) is 14.7. The van der Waals surface area contributed by atoms with E-state index in [0.29, 0.717) is 0 Å². The Labute approximate surface area is 119 Å². The molecule has 0 amide bonds. The van der Waals surface area contributed by atoms with E-state index < -0.39 is 0 Å². The zero-order valence-electron chi connectivity index (χ0n) is 12.2. The van der Waals surface area contributed by atoms with Gasteiger partial charge in [-0.2, -0.15) is 0 Å². The highest BCUT2D eigenvalue weighted by atomic mass is 19.1. The van der Waals surface area contributed by atoms with Gasteiger partial charge in [0.1, 0.15) is 11.6 Å². The predicted molar refractivity (Wildman–Crippen MR) is 79.0 cm³/mol. The maximum atomic E-state index is 13.6. The fourth-order valence-corrected chi connectivity index (χ4v) is 2.74. The second-order valence-electron chi connectivity index (χ2n) is 5.34. The van der Waals surface area contributed by atoms with Crippen molar-refractivity contribution in [2.45, 2.75) is 39.5 Å². The summed E-state index contributed by atoms with van der Waals surface area (Å²) < 4.78 is 27.1. The maximum Gasteiger partial charge on any atom is 0.123 e. The lowest BCUT2D eigenvalue weighted by Crippen LogP contribution is -2.06. The van der Waals surface area contributed by atoms with Crippen molar-refractivity contribution in [3.8, 4) is 0 Å². The Bertz CT molecular complexity index is 551. The summed E-state index contributed by atoms with van der Waals surface area (Å²) in [5, 5.41) is 0. The summed E-state index contributed by atoms with van der Waals surface area (Å²) in [4.78, 5) is 0. The molecule has 0 N–H and O–H groups in total. The second-order valence-corrected chi connectivity index (χ2v) is 5.34. The molecule has 2 aromatic rings. The largest absolute Gasteiger partial charge is 0.207 e. The third-order valence-electron chi connectivity index (χ3n) is 3.81. The van der Waals surface area contributed by atoms with Crippen LogP contribution in [0.1, 0.15) is 47.9 Å². The van der Waals surface area contributed by atoms with E-state index in [0.717, 1.165) is 35.1 Å². The highest BCUT2D eigenvalue weighted by Gasteiger charge is 2.18. The maximum absolute atomic E-state index is 13.6. The van der Waals surface area contributed by atoms with Crippen LogP contribution in [0.2, 0.25) is 0 Å². The molecule has 106 valence electrons. The Kier molecular flexibility index (Phi) is 4.53. The molecule has 2 aromatic carbocycles. The summed E-state index contributed by atoms with van der Waals surface area (Å²) in [7, 11) is 0. The van der Waals surface area contributed by atoms with Crippen molar-refractivity contribution in [2.24, 2.45) is 0 Å². The van der Waals surface area contributed by atoms with E-state index in [1.54, 1.807) is 24.3 Å². The average Bonchev–Trinajstić information content (AvgIpc) is 2.42. The van der Waals surface area contributed by atoms with Gasteiger partial charge in [0.05, 0.1) is 0 Å². The van der Waals surface area contributed by atoms with Gasteiger partial charge in [0.15, 0.2) is 0 Å². The van der Waals surface area contributed by atoms with Crippen molar-refractivity contribution in [3.63, 3.8) is 0 Å². The third kappa shape index (κ3) is 3.06. The molecule has 0 unspecified atom stereocenters. The van der Waals surface area contributed by atoms with Crippen LogP contribution in [0.4, 0.5) is 8.78 Å². The number of hydrogen-bond acceptors (Lipinski definition) is 0. The van der Waals surface area contributed by atoms with E-state index in [1.165, 1.54) is 12.1 Å². The van der Waals surface area contributed by atoms with Gasteiger partial charge >= 0.3 is 0 Å². The molecule has 0 spiro atoms. The van der Waals surface area contributed by atoms with Crippen molar-refractivity contribution in [1.29, 1.82) is 0 Å². The van der Waals surface area contributed by atoms with E-state index in [4.69, 9.17) is 0 Å². The molecule has 0 bridgehead atoms. The minimum atomic E-state index is -0.235. The number of benzene rings is 2. The third-order valence-corrected chi connectivity index (χ3v) is 3.81. The predicted octanol–water partition coefficient (Wildman–Crippen LogP) is 5.51. The topological polar surface area (TPSA) is 0 Å². The van der Waals surface area contributed by atoms with Crippen LogP contribution in [-0.2, 0) is 0 Å². The SMILES string of the molecule is CCCC(c1cc(F)ccc1C)c1cc(F)ccc1C. The first-order chi connectivity index (χ1) is 9.52. The van der Waals surface area contributed by atoms with Crippen LogP contribution in [0, 0.1) is 25.5 Å². The van der Waals surface area contributed by atoms with Gasteiger partial charge in [0.25, 0.3) is 0 Å². The Morgan fingerprint density at radius 3 is 1.70 bits per heavy atom. The normalized spacial score (nSPS) is 11.1. The summed E-state index contributed by atoms with van der Waals surface area (Å²) in [5.41, 5.74) is 4.02. The molecule has 0 heterocycles. The summed E-state index contributed by atoms with van der Waals surface area (Å²) >= 11 is 0. The van der Waals surface area contributed by atoms with Gasteiger partial charge in [-0.3, -0.25) is 0 Å². The molecule has 0 aromatic heterocycles. The molecule has 0 aliphatic heterocycles. The monoisotopic (exact) mass is 274 g/mol. The molecular formula is C18H20F2. The van der Waals surface area contributed by atoms with Gasteiger partial charge < -0.3 is 0 Å². The van der Waals surface area contributed by atoms with Crippen LogP contribution in [0.3, 0.4) is 0 Å². The molecule has 20 heavy (non-hydrogen) atoms. The zero-order chi connectivity index (χ0) is 14.7. The molecule has 0 radical (unpaired) electrons. The van der Waals surface area contributed by atoms with Crippen LogP contribution in [-0.4, -0.2) is 0 Å². The van der Waals surface area contributed by atoms with Gasteiger partial charge in [-0.1, -0.05) is 25.5 Å². The summed E-state index contributed by atoms with van der Waals surface area (Å²) in [6.45, 7) is 6.05. The lowest BCUT2D eigenvalue weighted by atomic mass is 9.83. The highest BCUT2D eigenvalue weighted by Crippen LogP contribution is 2.34. The lowest BCUT2D eigenvalue weighted by molar-refractivity contribution is 0.609. The Hall–Kier alpha value is -1.70. The highest BCUT2D eigenvalue weighted by molar-refractivity contribution is 5.41. The Morgan fingerprint density at radius 2 is 1.30 bits per heavy atom. The van der Waals surface area contributed by atoms with Gasteiger partial charge in [0.2, 0.25) is 0 Å². The first-order valence-corrected chi connectivity index (χ1v) is 7.05. The van der Waals surface area contributed by atoms with Gasteiger partial charge in [-0.25, -0.2) is 8.78 Å². The summed E-state index contributed by atoms with van der Waals surface area (Å²) in [6.07, 6.45) is 1.85. The zero-order valence-corrected chi connectivity index (χ0v) is 12.2. The number of halogens is 2. The first-order valence-electron chi connectivity index (χ1n) is 7.05. The molecule has 2 heteroatoms. The Morgan fingerprint density at radius 1 is 0.850 bits per heavy atom. The van der Waals surface area contributed by atoms with Crippen LogP contribution >= 0.6 is 0 Å². The van der Waals surface area contributed by atoms with Crippen LogP contribution in [0.15, 0.2) is 36.4 Å². The standard InChI is InChI=1S/C18H20F2/c1-4-5-16(17-10-14(19)8-6-12(17)2)18-11-15(20)9-7-13(18)3/h6-11,16H,4-5H2,1-3H3. The smallest absolute Gasteiger partial charge is 0.123 e. The summed E-state index contributed by atoms with van der Waals surface area (Å²) in [6, 6.07) is 9.70. The summed E-state index contributed by atoms with van der Waals surface area (Å²) in [5.74, 6) is -0.423. The number of hydrogen-bond donors (Lipinski definition) is 0. The van der Waals surface area contributed by atoms with Crippen LogP contribution in [0.5, 0.6) is 0 Å². The van der Waals surface area contributed by atoms with E-state index >= 15 is 0 Å². The van der Waals surface area contributed by atoms with Gasteiger partial charge in [-0.15, -0.1) is 0 Å². The lowest BCUT2D eigenvalue weighted by Gasteiger charge is -2.21. The van der Waals surface area contributed by atoms with Gasteiger partial charge in [0, 0.05) is 5.92 Å². The van der Waals surface area contributed by atoms with Crippen molar-refractivity contribution < 1.29 is 8.78 Å². The molecule has 0 fully saturated rings. The van der Waals surface area contributed by atoms with E-state index in [9.17, 15) is 8.78 Å².